The zero-order valence-electron chi connectivity index (χ0n) is 45.1. The molecule has 0 aliphatic carbocycles. The first-order valence-corrected chi connectivity index (χ1v) is 27.7. The molecule has 8 rings (SSSR count). The fourth-order valence-corrected chi connectivity index (χ4v) is 10.7. The number of aliphatic carboxylic acids is 1. The molecule has 0 saturated carbocycles. The van der Waals surface area contributed by atoms with Gasteiger partial charge in [0.25, 0.3) is 11.8 Å². The van der Waals surface area contributed by atoms with Crippen LogP contribution in [0, 0.1) is 5.82 Å². The van der Waals surface area contributed by atoms with E-state index in [4.69, 9.17) is 9.47 Å². The summed E-state index contributed by atoms with van der Waals surface area (Å²) in [7, 11) is 0. The number of imide groups is 1. The van der Waals surface area contributed by atoms with Crippen molar-refractivity contribution in [2.75, 3.05) is 25.1 Å². The second-order valence-corrected chi connectivity index (χ2v) is 20.8. The second-order valence-electron chi connectivity index (χ2n) is 20.8. The van der Waals surface area contributed by atoms with E-state index >= 15 is 0 Å². The highest BCUT2D eigenvalue weighted by Crippen LogP contribution is 2.44. The molecule has 418 valence electrons. The lowest BCUT2D eigenvalue weighted by molar-refractivity contribution is -0.140. The molecule has 5 N–H and O–H groups in total. The van der Waals surface area contributed by atoms with E-state index < -0.39 is 42.4 Å². The third-order valence-electron chi connectivity index (χ3n) is 14.5. The summed E-state index contributed by atoms with van der Waals surface area (Å²) >= 11 is 0. The fraction of sp³-hybridized carbons (Fsp3) is 0.426. The molecule has 79 heavy (non-hydrogen) atoms. The molecule has 2 aromatic heterocycles. The maximum Gasteiger partial charge on any atom is 0.305 e. The summed E-state index contributed by atoms with van der Waals surface area (Å²) in [6.45, 7) is 7.02. The van der Waals surface area contributed by atoms with Gasteiger partial charge in [0.1, 0.15) is 17.6 Å². The third-order valence-corrected chi connectivity index (χ3v) is 14.5. The predicted octanol–water partition coefficient (Wildman–Crippen LogP) is 9.28. The van der Waals surface area contributed by atoms with E-state index in [0.29, 0.717) is 96.3 Å². The van der Waals surface area contributed by atoms with Crippen LogP contribution >= 0.6 is 0 Å². The first-order valence-electron chi connectivity index (χ1n) is 27.7. The van der Waals surface area contributed by atoms with E-state index in [0.717, 1.165) is 68.3 Å². The standard InChI is InChI=1S/C61H72FN7O10/c1-40(2)57-56(60(76)63-45-18-7-6-8-19-45)55(58(42-23-25-44(62)26-24-42)68(57)31-29-47(70)36-48(71)37-54(73)74)43-16-11-21-49(35-43)79-34-14-20-46-38-67(66-65-46)30-9-4-3-5-10-32-78-33-13-17-41-15-12-22-50-51(41)39-69(61(50)77)52-27-28-53(72)64-59(52)75/h6-8,11-12,15-16,18-19,21-26,35,38,40,47-48,52,70-71H,3-5,9-10,13-14,17,20,27-34,36-37,39H2,1-2H3,(H,63,76)(H,73,74)(H,64,72,75)/t47-,48-,52?/m1/s1. The number of carboxylic acid groups (broad SMARTS) is 1. The number of anilines is 1. The number of rotatable bonds is 30. The van der Waals surface area contributed by atoms with E-state index in [9.17, 15) is 43.7 Å². The average Bonchev–Trinajstić information content (AvgIpc) is 4.16. The fourth-order valence-electron chi connectivity index (χ4n) is 10.7. The van der Waals surface area contributed by atoms with Crippen LogP contribution in [0.25, 0.3) is 22.4 Å². The number of para-hydroxylation sites is 1. The number of fused-ring (bicyclic) bond motifs is 1. The number of unbranched alkanes of at least 4 members (excludes halogenated alkanes) is 4. The SMILES string of the molecule is CC(C)c1c(C(=O)Nc2ccccc2)c(-c2cccc(OCCCc3cn(CCCCCCCOCCCc4cccc5c4CN(C4CCC(=O)NC4=O)C5=O)nn3)c2)c(-c2ccc(F)cc2)n1CC[C@@H](O)C[C@@H](O)CC(=O)O. The van der Waals surface area contributed by atoms with Crippen LogP contribution in [0.15, 0.2) is 103 Å². The molecule has 1 unspecified atom stereocenters. The zero-order valence-corrected chi connectivity index (χ0v) is 45.1. The largest absolute Gasteiger partial charge is 0.494 e. The van der Waals surface area contributed by atoms with E-state index in [2.05, 4.69) is 20.9 Å². The number of hydrogen-bond acceptors (Lipinski definition) is 11. The number of ether oxygens (including phenoxy) is 2. The summed E-state index contributed by atoms with van der Waals surface area (Å²) in [6.07, 6.45) is 7.89. The van der Waals surface area contributed by atoms with E-state index in [1.165, 1.54) is 12.1 Å². The van der Waals surface area contributed by atoms with Crippen LogP contribution in [0.3, 0.4) is 0 Å². The zero-order chi connectivity index (χ0) is 55.8. The van der Waals surface area contributed by atoms with Gasteiger partial charge in [-0.05, 0) is 141 Å². The normalized spacial score (nSPS) is 15.1. The number of aryl methyl sites for hydroxylation is 3. The van der Waals surface area contributed by atoms with Crippen LogP contribution in [0.2, 0.25) is 0 Å². The third kappa shape index (κ3) is 15.4. The van der Waals surface area contributed by atoms with Crippen LogP contribution in [-0.2, 0) is 51.6 Å². The number of nitrogens with zero attached hydrogens (tertiary/aromatic N) is 5. The molecule has 17 nitrogen and oxygen atoms in total. The monoisotopic (exact) mass is 1080 g/mol. The Morgan fingerprint density at radius 2 is 1.57 bits per heavy atom. The molecular formula is C61H72FN7O10. The Bertz CT molecular complexity index is 3050. The van der Waals surface area contributed by atoms with Gasteiger partial charge in [-0.3, -0.25) is 34.0 Å². The molecule has 1 saturated heterocycles. The maximum absolute atomic E-state index is 14.7. The first kappa shape index (κ1) is 57.6. The van der Waals surface area contributed by atoms with Gasteiger partial charge in [0.05, 0.1) is 42.2 Å². The highest BCUT2D eigenvalue weighted by atomic mass is 19.1. The Hall–Kier alpha value is -7.54. The molecule has 6 aromatic rings. The van der Waals surface area contributed by atoms with Gasteiger partial charge in [-0.2, -0.15) is 0 Å². The maximum atomic E-state index is 14.7. The Morgan fingerprint density at radius 3 is 2.34 bits per heavy atom. The number of carbonyl (C=O) groups is 5. The number of benzene rings is 4. The molecule has 4 amide bonds. The highest BCUT2D eigenvalue weighted by Gasteiger charge is 2.40. The minimum atomic E-state index is -1.24. The van der Waals surface area contributed by atoms with Gasteiger partial charge in [0.15, 0.2) is 0 Å². The van der Waals surface area contributed by atoms with E-state index in [1.807, 2.05) is 90.0 Å². The van der Waals surface area contributed by atoms with Crippen molar-refractivity contribution in [2.24, 2.45) is 0 Å². The van der Waals surface area contributed by atoms with Crippen molar-refractivity contribution >= 4 is 35.3 Å². The number of hydrogen-bond donors (Lipinski definition) is 5. The number of carbonyl (C=O) groups excluding carboxylic acids is 4. The van der Waals surface area contributed by atoms with Crippen molar-refractivity contribution in [3.05, 3.63) is 143 Å². The van der Waals surface area contributed by atoms with Crippen LogP contribution in [0.5, 0.6) is 5.75 Å². The van der Waals surface area contributed by atoms with Gasteiger partial charge in [0, 0.05) is 68.0 Å². The van der Waals surface area contributed by atoms with Gasteiger partial charge in [-0.1, -0.05) is 80.8 Å². The lowest BCUT2D eigenvalue weighted by atomic mass is 9.94. The second kappa shape index (κ2) is 27.9. The van der Waals surface area contributed by atoms with Crippen molar-refractivity contribution < 1.29 is 53.2 Å². The number of carboxylic acids is 1. The molecule has 1 fully saturated rings. The van der Waals surface area contributed by atoms with Crippen LogP contribution in [-0.4, -0.2) is 107 Å². The molecule has 0 radical (unpaired) electrons. The molecular weight excluding hydrogens is 1010 g/mol. The Kier molecular flexibility index (Phi) is 20.3. The Morgan fingerprint density at radius 1 is 0.823 bits per heavy atom. The summed E-state index contributed by atoms with van der Waals surface area (Å²) in [6, 6.07) is 27.8. The lowest BCUT2D eigenvalue weighted by Crippen LogP contribution is -2.52. The number of aromatic nitrogens is 4. The summed E-state index contributed by atoms with van der Waals surface area (Å²) in [5.74, 6) is -2.43. The molecule has 4 heterocycles. The predicted molar refractivity (Wildman–Crippen MR) is 296 cm³/mol. The van der Waals surface area contributed by atoms with Gasteiger partial charge in [0.2, 0.25) is 11.8 Å². The highest BCUT2D eigenvalue weighted by molar-refractivity contribution is 6.12. The van der Waals surface area contributed by atoms with Crippen molar-refractivity contribution in [1.82, 2.24) is 29.8 Å². The van der Waals surface area contributed by atoms with Gasteiger partial charge in [-0.15, -0.1) is 5.10 Å². The topological polar surface area (TPSA) is 227 Å². The van der Waals surface area contributed by atoms with Crippen LogP contribution < -0.4 is 15.4 Å². The number of nitrogens with one attached hydrogen (secondary N) is 2. The van der Waals surface area contributed by atoms with Gasteiger partial charge < -0.3 is 39.6 Å². The summed E-state index contributed by atoms with van der Waals surface area (Å²) in [4.78, 5) is 64.8. The Balaban J connectivity index is 0.807. The summed E-state index contributed by atoms with van der Waals surface area (Å²) in [5, 5.41) is 44.8. The average molecular weight is 1080 g/mol. The quantitative estimate of drug-likeness (QED) is 0.0210. The number of amides is 4. The van der Waals surface area contributed by atoms with Crippen molar-refractivity contribution in [1.29, 1.82) is 0 Å². The summed E-state index contributed by atoms with van der Waals surface area (Å²) in [5.41, 5.74) is 7.81. The Labute approximate surface area is 460 Å². The molecule has 0 spiro atoms. The van der Waals surface area contributed by atoms with Gasteiger partial charge >= 0.3 is 5.97 Å². The van der Waals surface area contributed by atoms with E-state index in [-0.39, 0.29) is 49.4 Å². The number of aliphatic hydroxyl groups is 2. The molecule has 2 aliphatic heterocycles. The smallest absolute Gasteiger partial charge is 0.305 e. The van der Waals surface area contributed by atoms with Crippen molar-refractivity contribution in [3.8, 4) is 28.1 Å². The minimum Gasteiger partial charge on any atom is -0.494 e. The van der Waals surface area contributed by atoms with Gasteiger partial charge in [-0.25, -0.2) is 4.39 Å². The molecule has 0 bridgehead atoms. The number of halogens is 1. The van der Waals surface area contributed by atoms with Crippen LogP contribution in [0.4, 0.5) is 10.1 Å². The number of aliphatic hydroxyl groups excluding tert-OH is 2. The molecule has 2 aliphatic rings. The molecule has 4 aromatic carbocycles. The minimum absolute atomic E-state index is 0.139. The number of piperidine rings is 1. The van der Waals surface area contributed by atoms with E-state index in [1.54, 1.807) is 29.2 Å². The lowest BCUT2D eigenvalue weighted by Gasteiger charge is -2.29. The molecule has 18 heteroatoms. The summed E-state index contributed by atoms with van der Waals surface area (Å²) < 4.78 is 30.7. The van der Waals surface area contributed by atoms with Crippen molar-refractivity contribution in [2.45, 2.75) is 148 Å². The first-order chi connectivity index (χ1) is 38.2. The van der Waals surface area contributed by atoms with Crippen molar-refractivity contribution in [3.63, 3.8) is 0 Å². The molecule has 3 atom stereocenters. The van der Waals surface area contributed by atoms with Crippen LogP contribution in [0.1, 0.15) is 140 Å².